The average Bonchev–Trinajstić information content (AvgIpc) is 3.40. The highest BCUT2D eigenvalue weighted by Crippen LogP contribution is 2.34. The molecule has 1 atom stereocenters. The number of carbonyl (C=O) groups is 2. The number of amides is 2. The lowest BCUT2D eigenvalue weighted by atomic mass is 9.99. The van der Waals surface area contributed by atoms with Crippen molar-refractivity contribution in [3.8, 4) is 10.6 Å². The van der Waals surface area contributed by atoms with Crippen LogP contribution in [-0.2, 0) is 7.05 Å². The van der Waals surface area contributed by atoms with Crippen molar-refractivity contribution < 1.29 is 9.59 Å². The van der Waals surface area contributed by atoms with Gasteiger partial charge in [0.05, 0.1) is 6.04 Å². The summed E-state index contributed by atoms with van der Waals surface area (Å²) < 4.78 is 1.90. The molecule has 1 aromatic carbocycles. The van der Waals surface area contributed by atoms with Crippen LogP contribution in [0.4, 0.5) is 0 Å². The summed E-state index contributed by atoms with van der Waals surface area (Å²) in [5, 5.41) is 5.38. The Morgan fingerprint density at radius 1 is 1.13 bits per heavy atom. The molecule has 0 radical (unpaired) electrons. The van der Waals surface area contributed by atoms with Gasteiger partial charge in [0.1, 0.15) is 16.4 Å². The van der Waals surface area contributed by atoms with Crippen molar-refractivity contribution in [1.82, 2.24) is 19.8 Å². The Labute approximate surface area is 180 Å². The van der Waals surface area contributed by atoms with Crippen LogP contribution in [0.2, 0.25) is 0 Å². The van der Waals surface area contributed by atoms with Crippen molar-refractivity contribution in [3.05, 3.63) is 64.4 Å². The van der Waals surface area contributed by atoms with Gasteiger partial charge in [-0.2, -0.15) is 0 Å². The average molecular weight is 423 g/mol. The van der Waals surface area contributed by atoms with Crippen molar-refractivity contribution in [2.45, 2.75) is 32.2 Å². The molecule has 1 fully saturated rings. The molecule has 0 saturated carbocycles. The van der Waals surface area contributed by atoms with Gasteiger partial charge in [-0.15, -0.1) is 11.3 Å². The van der Waals surface area contributed by atoms with Crippen LogP contribution < -0.4 is 5.32 Å². The van der Waals surface area contributed by atoms with Gasteiger partial charge in [-0.3, -0.25) is 9.59 Å². The Morgan fingerprint density at radius 2 is 1.90 bits per heavy atom. The number of carbonyl (C=O) groups excluding carboxylic acids is 2. The van der Waals surface area contributed by atoms with E-state index in [-0.39, 0.29) is 17.9 Å². The van der Waals surface area contributed by atoms with E-state index in [0.717, 1.165) is 35.5 Å². The van der Waals surface area contributed by atoms with Gasteiger partial charge in [0, 0.05) is 37.3 Å². The number of thiazole rings is 1. The van der Waals surface area contributed by atoms with Gasteiger partial charge in [0.2, 0.25) is 0 Å². The van der Waals surface area contributed by atoms with Crippen LogP contribution in [0.15, 0.2) is 41.8 Å². The lowest BCUT2D eigenvalue weighted by molar-refractivity contribution is 0.0597. The molecule has 4 rings (SSSR count). The summed E-state index contributed by atoms with van der Waals surface area (Å²) in [6, 6.07) is 11.9. The number of nitrogens with one attached hydrogen (secondary N) is 1. The fraction of sp³-hybridized carbons (Fsp3) is 0.348. The first-order chi connectivity index (χ1) is 14.5. The fourth-order valence-electron chi connectivity index (χ4n) is 4.05. The van der Waals surface area contributed by atoms with Gasteiger partial charge in [-0.1, -0.05) is 29.8 Å². The smallest absolute Gasteiger partial charge is 0.273 e. The molecule has 1 N–H and O–H groups in total. The lowest BCUT2D eigenvalue weighted by Gasteiger charge is -2.35. The summed E-state index contributed by atoms with van der Waals surface area (Å²) in [6.45, 7) is 2.75. The predicted octanol–water partition coefficient (Wildman–Crippen LogP) is 4.18. The molecular formula is C23H26N4O2S. The standard InChI is InChI=1S/C23H26N4O2S/c1-15-7-9-16(10-8-15)22-25-17(14-30-22)23(29)27-13-5-4-6-19(27)18-11-12-20(26(18)3)21(28)24-2/h7-12,14,19H,4-6,13H2,1-3H3,(H,24,28). The highest BCUT2D eigenvalue weighted by Gasteiger charge is 2.32. The van der Waals surface area contributed by atoms with E-state index >= 15 is 0 Å². The zero-order valence-electron chi connectivity index (χ0n) is 17.5. The van der Waals surface area contributed by atoms with E-state index in [9.17, 15) is 9.59 Å². The second kappa shape index (κ2) is 8.44. The van der Waals surface area contributed by atoms with Gasteiger partial charge >= 0.3 is 0 Å². The normalized spacial score (nSPS) is 16.5. The van der Waals surface area contributed by atoms with Gasteiger partial charge in [0.25, 0.3) is 11.8 Å². The quantitative estimate of drug-likeness (QED) is 0.686. The first-order valence-corrected chi connectivity index (χ1v) is 11.1. The van der Waals surface area contributed by atoms with Crippen molar-refractivity contribution in [3.63, 3.8) is 0 Å². The molecule has 6 nitrogen and oxygen atoms in total. The highest BCUT2D eigenvalue weighted by molar-refractivity contribution is 7.13. The van der Waals surface area contributed by atoms with Crippen LogP contribution in [0.3, 0.4) is 0 Å². The van der Waals surface area contributed by atoms with Crippen LogP contribution in [0.5, 0.6) is 0 Å². The predicted molar refractivity (Wildman–Crippen MR) is 119 cm³/mol. The minimum absolute atomic E-state index is 0.0444. The molecule has 1 saturated heterocycles. The topological polar surface area (TPSA) is 67.2 Å². The zero-order chi connectivity index (χ0) is 21.3. The molecule has 0 spiro atoms. The molecule has 1 aliphatic heterocycles. The summed E-state index contributed by atoms with van der Waals surface area (Å²) in [7, 11) is 3.51. The van der Waals surface area contributed by atoms with Crippen LogP contribution in [0, 0.1) is 6.92 Å². The third-order valence-electron chi connectivity index (χ3n) is 5.75. The van der Waals surface area contributed by atoms with E-state index in [1.54, 1.807) is 7.05 Å². The molecular weight excluding hydrogens is 396 g/mol. The van der Waals surface area contributed by atoms with Gasteiger partial charge < -0.3 is 14.8 Å². The first-order valence-electron chi connectivity index (χ1n) is 10.2. The van der Waals surface area contributed by atoms with E-state index in [0.29, 0.717) is 17.9 Å². The molecule has 1 unspecified atom stereocenters. The van der Waals surface area contributed by atoms with Crippen molar-refractivity contribution in [2.24, 2.45) is 7.05 Å². The number of likely N-dealkylation sites (tertiary alicyclic amines) is 1. The summed E-state index contributed by atoms with van der Waals surface area (Å²) in [4.78, 5) is 32.0. The van der Waals surface area contributed by atoms with Gasteiger partial charge in [-0.05, 0) is 38.3 Å². The van der Waals surface area contributed by atoms with Crippen molar-refractivity contribution in [2.75, 3.05) is 13.6 Å². The molecule has 7 heteroatoms. The molecule has 0 bridgehead atoms. The summed E-state index contributed by atoms with van der Waals surface area (Å²) in [5.74, 6) is -0.170. The van der Waals surface area contributed by atoms with Crippen LogP contribution in [-0.4, -0.2) is 39.9 Å². The molecule has 3 aromatic rings. The largest absolute Gasteiger partial charge is 0.354 e. The Balaban J connectivity index is 1.60. The third-order valence-corrected chi connectivity index (χ3v) is 6.64. The number of piperidine rings is 1. The maximum atomic E-state index is 13.4. The minimum Gasteiger partial charge on any atom is -0.354 e. The number of benzene rings is 1. The molecule has 1 aliphatic rings. The molecule has 3 heterocycles. The summed E-state index contributed by atoms with van der Waals surface area (Å²) >= 11 is 1.50. The number of hydrogen-bond donors (Lipinski definition) is 1. The first kappa shape index (κ1) is 20.3. The minimum atomic E-state index is -0.125. The summed E-state index contributed by atoms with van der Waals surface area (Å²) in [6.07, 6.45) is 2.91. The van der Waals surface area contributed by atoms with Gasteiger partial charge in [-0.25, -0.2) is 4.98 Å². The van der Waals surface area contributed by atoms with Crippen molar-refractivity contribution in [1.29, 1.82) is 0 Å². The van der Waals surface area contributed by atoms with E-state index in [1.807, 2.05) is 46.2 Å². The Morgan fingerprint density at radius 3 is 2.63 bits per heavy atom. The fourth-order valence-corrected chi connectivity index (χ4v) is 4.85. The SMILES string of the molecule is CNC(=O)c1ccc(C2CCCCN2C(=O)c2csc(-c3ccc(C)cc3)n2)n1C. The Hall–Kier alpha value is -2.93. The Bertz CT molecular complexity index is 1070. The van der Waals surface area contributed by atoms with Gasteiger partial charge in [0.15, 0.2) is 0 Å². The lowest BCUT2D eigenvalue weighted by Crippen LogP contribution is -2.39. The number of aromatic nitrogens is 2. The maximum Gasteiger partial charge on any atom is 0.273 e. The van der Waals surface area contributed by atoms with E-state index in [4.69, 9.17) is 0 Å². The van der Waals surface area contributed by atoms with Crippen LogP contribution >= 0.6 is 11.3 Å². The number of rotatable bonds is 4. The van der Waals surface area contributed by atoms with Crippen molar-refractivity contribution >= 4 is 23.2 Å². The molecule has 30 heavy (non-hydrogen) atoms. The summed E-state index contributed by atoms with van der Waals surface area (Å²) in [5.41, 5.74) is 4.29. The van der Waals surface area contributed by atoms with Crippen LogP contribution in [0.1, 0.15) is 57.5 Å². The maximum absolute atomic E-state index is 13.4. The number of hydrogen-bond acceptors (Lipinski definition) is 4. The molecule has 156 valence electrons. The van der Waals surface area contributed by atoms with E-state index < -0.39 is 0 Å². The highest BCUT2D eigenvalue weighted by atomic mass is 32.1. The molecule has 2 amide bonds. The molecule has 0 aliphatic carbocycles. The number of aryl methyl sites for hydroxylation is 1. The number of nitrogens with zero attached hydrogens (tertiary/aromatic N) is 3. The second-order valence-corrected chi connectivity index (χ2v) is 8.55. The van der Waals surface area contributed by atoms with E-state index in [2.05, 4.69) is 29.4 Å². The molecule has 2 aromatic heterocycles. The van der Waals surface area contributed by atoms with E-state index in [1.165, 1.54) is 16.9 Å². The second-order valence-electron chi connectivity index (χ2n) is 7.70. The monoisotopic (exact) mass is 422 g/mol. The zero-order valence-corrected chi connectivity index (χ0v) is 18.3. The third kappa shape index (κ3) is 3.77. The van der Waals surface area contributed by atoms with Crippen LogP contribution in [0.25, 0.3) is 10.6 Å². The Kier molecular flexibility index (Phi) is 5.72.